The van der Waals surface area contributed by atoms with Crippen molar-refractivity contribution in [3.8, 4) is 57.2 Å². The lowest BCUT2D eigenvalue weighted by molar-refractivity contribution is -0.159. The smallest absolute Gasteiger partial charge is 0.337 e. The topological polar surface area (TPSA) is 307 Å². The average Bonchev–Trinajstić information content (AvgIpc) is 1.69. The third-order valence-electron chi connectivity index (χ3n) is 26.3. The molecule has 9 aromatic carbocycles. The van der Waals surface area contributed by atoms with Gasteiger partial charge in [0.15, 0.2) is 17.3 Å². The van der Waals surface area contributed by atoms with Gasteiger partial charge in [-0.3, -0.25) is 43.1 Å². The van der Waals surface area contributed by atoms with E-state index in [1.165, 1.54) is 61.1 Å². The molecule has 0 bridgehead atoms. The maximum atomic E-state index is 13.9. The summed E-state index contributed by atoms with van der Waals surface area (Å²) in [5.41, 5.74) is 14.1. The Morgan fingerprint density at radius 2 is 1.23 bits per heavy atom. The summed E-state index contributed by atoms with van der Waals surface area (Å²) in [4.78, 5) is 119. The van der Waals surface area contributed by atoms with E-state index in [2.05, 4.69) is 71.2 Å². The molecule has 2 saturated heterocycles. The summed E-state index contributed by atoms with van der Waals surface area (Å²) in [5.74, 6) is 3.16. The zero-order valence-corrected chi connectivity index (χ0v) is 79.3. The number of para-hydroxylation sites is 3. The molecular weight excluding hydrogens is 1740 g/mol. The Labute approximate surface area is 794 Å². The van der Waals surface area contributed by atoms with Gasteiger partial charge in [-0.25, -0.2) is 19.1 Å². The van der Waals surface area contributed by atoms with E-state index in [1.54, 1.807) is 108 Å². The van der Waals surface area contributed by atoms with E-state index in [-0.39, 0.29) is 69.9 Å². The maximum Gasteiger partial charge on any atom is 0.337 e. The van der Waals surface area contributed by atoms with Crippen LogP contribution in [0.25, 0.3) is 50.0 Å². The number of aromatic nitrogens is 7. The fourth-order valence-corrected chi connectivity index (χ4v) is 18.7. The van der Waals surface area contributed by atoms with Gasteiger partial charge in [0.1, 0.15) is 34.6 Å². The molecular formula is C109H113N11O17. The Kier molecular flexibility index (Phi) is 29.2. The van der Waals surface area contributed by atoms with Crippen molar-refractivity contribution in [1.29, 1.82) is 0 Å². The van der Waals surface area contributed by atoms with Gasteiger partial charge in [0.05, 0.1) is 96.5 Å². The van der Waals surface area contributed by atoms with Gasteiger partial charge in [-0.05, 0) is 228 Å². The third kappa shape index (κ3) is 20.4. The predicted molar refractivity (Wildman–Crippen MR) is 523 cm³/mol. The highest BCUT2D eigenvalue weighted by Crippen LogP contribution is 2.45. The second kappa shape index (κ2) is 42.1. The summed E-state index contributed by atoms with van der Waals surface area (Å²) in [7, 11) is 9.46. The molecule has 5 aliphatic rings. The zero-order chi connectivity index (χ0) is 96.3. The normalized spacial score (nSPS) is 14.8. The quantitative estimate of drug-likeness (QED) is 0.0480. The second-order valence-corrected chi connectivity index (χ2v) is 35.0. The van der Waals surface area contributed by atoms with E-state index in [0.29, 0.717) is 120 Å². The summed E-state index contributed by atoms with van der Waals surface area (Å²) < 4.78 is 54.4. The first kappa shape index (κ1) is 95.0. The van der Waals surface area contributed by atoms with Crippen molar-refractivity contribution < 1.29 is 66.0 Å². The standard InChI is InChI=1S/C29H22O8.C28H32N6O.C27H30N4O3.C25H29NO5/c1-33-27(32)17-14-12-16(13-15-17)22(23-25(30)18-8-4-6-10-20(18)36-28(23)34-2)24-26(31)19-9-5-7-11-21(19)37-29(24)35-3;1-18-15-20(3)23(16-19(18)2)24-17-26(34(30-24)22-9-7-6-8-10-22)32(4)27(35)14-13-25-29-28(21-11-12-21)33(5)31-25;1-4-24(26(32)30-15-13-29(14-16-30)20-9-11-21(34-3)12-10-20)31-27(33)25-22-8-6-5-7-19(22)17-23(25)18(2)28-31;1-2-29-24(28)25(13-6-10-19-8-4-3-5-9-19)14-7-15-26(17-25)23(27)20-11-12-21-22(16-20)31-18-30-21/h4-15,22H,1-3H3;6-10,15-17,21H,11-14H2,1-5H3;5-12,24H,4,13-17H2,1-3H3;3-5,8-9,11-12,16H,2,6-7,10,13-15,17-18H2,1H3. The number of ether oxygens (including phenoxy) is 7. The summed E-state index contributed by atoms with van der Waals surface area (Å²) in [6.45, 7) is 16.3. The van der Waals surface area contributed by atoms with Crippen LogP contribution in [0, 0.1) is 33.1 Å². The van der Waals surface area contributed by atoms with Crippen molar-refractivity contribution in [2.24, 2.45) is 12.5 Å². The lowest BCUT2D eigenvalue weighted by atomic mass is 9.75. The zero-order valence-electron chi connectivity index (χ0n) is 79.3. The van der Waals surface area contributed by atoms with Crippen molar-refractivity contribution in [1.82, 2.24) is 44.1 Å². The Bertz CT molecular complexity index is 6880. The van der Waals surface area contributed by atoms with Gasteiger partial charge in [-0.1, -0.05) is 122 Å². The third-order valence-corrected chi connectivity index (χ3v) is 26.3. The van der Waals surface area contributed by atoms with E-state index >= 15 is 0 Å². The molecule has 3 aliphatic heterocycles. The van der Waals surface area contributed by atoms with Crippen molar-refractivity contribution in [3.05, 3.63) is 328 Å². The van der Waals surface area contributed by atoms with Gasteiger partial charge in [-0.15, -0.1) is 0 Å². The lowest BCUT2D eigenvalue weighted by Gasteiger charge is -2.41. The number of amides is 3. The minimum atomic E-state index is -1.02. The molecule has 28 heteroatoms. The van der Waals surface area contributed by atoms with Crippen LogP contribution in [-0.2, 0) is 50.2 Å². The number of hydrogen-bond acceptors (Lipinski definition) is 22. The highest BCUT2D eigenvalue weighted by atomic mass is 16.7. The average molecular weight is 1850 g/mol. The highest BCUT2D eigenvalue weighted by Gasteiger charge is 2.45. The first-order valence-electron chi connectivity index (χ1n) is 46.5. The van der Waals surface area contributed by atoms with Gasteiger partial charge >= 0.3 is 11.9 Å². The Balaban J connectivity index is 0.000000133. The first-order chi connectivity index (χ1) is 66.4. The molecule has 706 valence electrons. The van der Waals surface area contributed by atoms with Crippen LogP contribution >= 0.6 is 0 Å². The Morgan fingerprint density at radius 3 is 1.87 bits per heavy atom. The first-order valence-corrected chi connectivity index (χ1v) is 46.5. The fourth-order valence-electron chi connectivity index (χ4n) is 18.7. The molecule has 2 atom stereocenters. The highest BCUT2D eigenvalue weighted by molar-refractivity contribution is 5.96. The number of piperazine rings is 1. The molecule has 19 rings (SSSR count). The SMILES string of the molecule is CCC(C(=O)N1CCN(c2ccc(OC)cc2)CC1)n1nc(C)c2c(c1=O)-c1ccccc1C2.CCOC(=O)C1(CCCc2ccccc2)CCCN(C(=O)c2ccc3c(c2)OCO3)C1.COC(=O)c1ccc(C(c2c(OC)oc3ccccc3c2=O)c2c(OC)oc3ccccc3c2=O)cc1.Cc1cc(C)c(-c2cc(N(C)C(=O)CCc3nc(C4CC4)n(C)n3)n(-c3ccccc3)n2)cc1C. The Morgan fingerprint density at radius 1 is 0.599 bits per heavy atom. The van der Waals surface area contributed by atoms with Crippen LogP contribution in [-0.4, -0.2) is 162 Å². The van der Waals surface area contributed by atoms with Gasteiger partial charge < -0.3 is 56.7 Å². The molecule has 2 aliphatic carbocycles. The number of piperidine rings is 1. The van der Waals surface area contributed by atoms with Crippen LogP contribution < -0.4 is 49.9 Å². The number of likely N-dealkylation sites (tertiary alicyclic amines) is 1. The number of carbonyl (C=O) groups is 5. The number of nitrogens with zero attached hydrogens (tertiary/aromatic N) is 11. The number of carbonyl (C=O) groups excluding carboxylic acids is 5. The van der Waals surface area contributed by atoms with Crippen LogP contribution in [0.3, 0.4) is 0 Å². The molecule has 14 aromatic rings. The van der Waals surface area contributed by atoms with Crippen molar-refractivity contribution in [2.75, 3.05) is 98.0 Å². The van der Waals surface area contributed by atoms with Gasteiger partial charge in [0.2, 0.25) is 29.5 Å². The Hall–Kier alpha value is -15.2. The minimum Gasteiger partial charge on any atom is -0.497 e. The minimum absolute atomic E-state index is 0.00543. The number of rotatable bonds is 25. The monoisotopic (exact) mass is 1850 g/mol. The van der Waals surface area contributed by atoms with Gasteiger partial charge in [0.25, 0.3) is 23.4 Å². The number of methoxy groups -OCH3 is 4. The van der Waals surface area contributed by atoms with Gasteiger partial charge in [0, 0.05) is 101 Å². The number of aryl methyl sites for hydroxylation is 7. The molecule has 3 amide bonds. The summed E-state index contributed by atoms with van der Waals surface area (Å²) in [5, 5.41) is 14.7. The van der Waals surface area contributed by atoms with E-state index < -0.39 is 23.3 Å². The van der Waals surface area contributed by atoms with Crippen molar-refractivity contribution >= 4 is 63.1 Å². The summed E-state index contributed by atoms with van der Waals surface area (Å²) in [6.07, 6.45) is 8.45. The number of hydrogen-bond donors (Lipinski definition) is 0. The van der Waals surface area contributed by atoms with Crippen LogP contribution in [0.1, 0.15) is 171 Å². The molecule has 2 unspecified atom stereocenters. The number of esters is 2. The van der Waals surface area contributed by atoms with Crippen LogP contribution in [0.5, 0.6) is 29.1 Å². The van der Waals surface area contributed by atoms with Gasteiger partial charge in [-0.2, -0.15) is 15.3 Å². The molecule has 137 heavy (non-hydrogen) atoms. The summed E-state index contributed by atoms with van der Waals surface area (Å²) in [6, 6.07) is 67.1. The lowest BCUT2D eigenvalue weighted by Crippen LogP contribution is -2.51. The molecule has 5 aromatic heterocycles. The fraction of sp³-hybridized carbons (Fsp3) is 0.321. The summed E-state index contributed by atoms with van der Waals surface area (Å²) >= 11 is 0. The number of anilines is 2. The molecule has 0 spiro atoms. The van der Waals surface area contributed by atoms with E-state index in [9.17, 15) is 38.4 Å². The van der Waals surface area contributed by atoms with E-state index in [4.69, 9.17) is 47.1 Å². The second-order valence-electron chi connectivity index (χ2n) is 35.0. The largest absolute Gasteiger partial charge is 0.497 e. The predicted octanol–water partition coefficient (Wildman–Crippen LogP) is 17.6. The molecule has 0 N–H and O–H groups in total. The van der Waals surface area contributed by atoms with E-state index in [1.807, 2.05) is 146 Å². The van der Waals surface area contributed by atoms with Crippen LogP contribution in [0.2, 0.25) is 0 Å². The van der Waals surface area contributed by atoms with Crippen LogP contribution in [0.4, 0.5) is 11.5 Å². The maximum absolute atomic E-state index is 13.9. The molecule has 8 heterocycles. The van der Waals surface area contributed by atoms with Crippen molar-refractivity contribution in [2.45, 2.75) is 130 Å². The van der Waals surface area contributed by atoms with E-state index in [0.717, 1.165) is 113 Å². The van der Waals surface area contributed by atoms with Crippen molar-refractivity contribution in [3.63, 3.8) is 0 Å². The molecule has 0 radical (unpaired) electrons. The van der Waals surface area contributed by atoms with Crippen LogP contribution in [0.15, 0.2) is 242 Å². The molecule has 1 saturated carbocycles. The number of benzene rings is 9. The molecule has 28 nitrogen and oxygen atoms in total. The number of fused-ring (bicyclic) bond motifs is 6. The molecule has 3 fully saturated rings.